The van der Waals surface area contributed by atoms with Crippen LogP contribution in [-0.4, -0.2) is 52.1 Å². The minimum atomic E-state index is -3.60. The van der Waals surface area contributed by atoms with Gasteiger partial charge in [0.2, 0.25) is 10.0 Å². The topological polar surface area (TPSA) is 75.7 Å². The Labute approximate surface area is 137 Å². The lowest BCUT2D eigenvalue weighted by Gasteiger charge is -2.27. The number of carbonyl (C=O) groups excluding carboxylic acids is 1. The molecule has 1 amide bonds. The fourth-order valence-corrected chi connectivity index (χ4v) is 3.53. The van der Waals surface area contributed by atoms with E-state index in [1.165, 1.54) is 12.1 Å². The van der Waals surface area contributed by atoms with Gasteiger partial charge in [0.25, 0.3) is 5.91 Å². The van der Waals surface area contributed by atoms with E-state index in [0.717, 1.165) is 5.56 Å². The fraction of sp³-hybridized carbons (Fsp3) is 0.562. The van der Waals surface area contributed by atoms with Crippen molar-refractivity contribution in [1.82, 2.24) is 9.62 Å². The van der Waals surface area contributed by atoms with Crippen molar-refractivity contribution in [2.75, 3.05) is 32.8 Å². The van der Waals surface area contributed by atoms with Crippen LogP contribution in [-0.2, 0) is 14.8 Å². The summed E-state index contributed by atoms with van der Waals surface area (Å²) < 4.78 is 32.5. The van der Waals surface area contributed by atoms with E-state index in [2.05, 4.69) is 4.72 Å². The Balaban J connectivity index is 2.26. The minimum Gasteiger partial charge on any atom is -0.378 e. The number of amides is 1. The average Bonchev–Trinajstić information content (AvgIpc) is 2.53. The molecule has 23 heavy (non-hydrogen) atoms. The van der Waals surface area contributed by atoms with Gasteiger partial charge in [-0.15, -0.1) is 0 Å². The van der Waals surface area contributed by atoms with Crippen LogP contribution in [0.4, 0.5) is 0 Å². The summed E-state index contributed by atoms with van der Waals surface area (Å²) in [5, 5.41) is 0. The van der Waals surface area contributed by atoms with E-state index in [1.54, 1.807) is 11.0 Å². The van der Waals surface area contributed by atoms with Crippen LogP contribution in [0, 0.1) is 12.8 Å². The van der Waals surface area contributed by atoms with Crippen molar-refractivity contribution >= 4 is 15.9 Å². The number of rotatable bonds is 5. The number of benzene rings is 1. The minimum absolute atomic E-state index is 0.125. The van der Waals surface area contributed by atoms with Crippen LogP contribution in [0.5, 0.6) is 0 Å². The number of ether oxygens (including phenoxy) is 1. The van der Waals surface area contributed by atoms with Crippen molar-refractivity contribution in [2.24, 2.45) is 5.92 Å². The highest BCUT2D eigenvalue weighted by Crippen LogP contribution is 2.18. The van der Waals surface area contributed by atoms with Crippen molar-refractivity contribution in [2.45, 2.75) is 25.7 Å². The van der Waals surface area contributed by atoms with E-state index >= 15 is 0 Å². The van der Waals surface area contributed by atoms with E-state index in [-0.39, 0.29) is 16.7 Å². The molecule has 0 unspecified atom stereocenters. The first-order chi connectivity index (χ1) is 10.8. The predicted molar refractivity (Wildman–Crippen MR) is 87.9 cm³/mol. The first kappa shape index (κ1) is 17.9. The SMILES string of the molecule is Cc1ccc(S(=O)(=O)NCC(C)C)cc1C(=O)N1CCOCC1. The van der Waals surface area contributed by atoms with E-state index in [1.807, 2.05) is 20.8 Å². The Kier molecular flexibility index (Phi) is 5.78. The molecular formula is C16H24N2O4S. The molecule has 0 bridgehead atoms. The zero-order valence-electron chi connectivity index (χ0n) is 13.8. The second kappa shape index (κ2) is 7.42. The van der Waals surface area contributed by atoms with E-state index in [9.17, 15) is 13.2 Å². The zero-order chi connectivity index (χ0) is 17.0. The van der Waals surface area contributed by atoms with Gasteiger partial charge in [-0.1, -0.05) is 19.9 Å². The molecule has 128 valence electrons. The average molecular weight is 340 g/mol. The lowest BCUT2D eigenvalue weighted by molar-refractivity contribution is 0.0302. The number of carbonyl (C=O) groups is 1. The summed E-state index contributed by atoms with van der Waals surface area (Å²) in [5.74, 6) is 0.0661. The molecule has 1 heterocycles. The van der Waals surface area contributed by atoms with Gasteiger partial charge in [-0.3, -0.25) is 4.79 Å². The second-order valence-corrected chi connectivity index (χ2v) is 7.89. The molecule has 1 fully saturated rings. The summed E-state index contributed by atoms with van der Waals surface area (Å²) in [5.41, 5.74) is 1.20. The number of sulfonamides is 1. The van der Waals surface area contributed by atoms with Crippen LogP contribution in [0.1, 0.15) is 29.8 Å². The maximum absolute atomic E-state index is 12.6. The summed E-state index contributed by atoms with van der Waals surface area (Å²) in [4.78, 5) is 14.4. The number of nitrogens with one attached hydrogen (secondary N) is 1. The summed E-state index contributed by atoms with van der Waals surface area (Å²) in [7, 11) is -3.60. The molecule has 1 N–H and O–H groups in total. The van der Waals surface area contributed by atoms with Crippen molar-refractivity contribution in [3.63, 3.8) is 0 Å². The number of aryl methyl sites for hydroxylation is 1. The molecule has 0 aromatic heterocycles. The van der Waals surface area contributed by atoms with Crippen LogP contribution in [0.3, 0.4) is 0 Å². The monoisotopic (exact) mass is 340 g/mol. The summed E-state index contributed by atoms with van der Waals surface area (Å²) in [6, 6.07) is 4.68. The first-order valence-corrected chi connectivity index (χ1v) is 9.27. The molecule has 1 aromatic carbocycles. The first-order valence-electron chi connectivity index (χ1n) is 7.78. The third kappa shape index (κ3) is 4.53. The number of hydrogen-bond acceptors (Lipinski definition) is 4. The lowest BCUT2D eigenvalue weighted by Crippen LogP contribution is -2.41. The van der Waals surface area contributed by atoms with Gasteiger partial charge in [-0.25, -0.2) is 13.1 Å². The second-order valence-electron chi connectivity index (χ2n) is 6.13. The highest BCUT2D eigenvalue weighted by molar-refractivity contribution is 7.89. The fourth-order valence-electron chi connectivity index (χ4n) is 2.30. The summed E-state index contributed by atoms with van der Waals surface area (Å²) in [6.45, 7) is 8.13. The molecule has 6 nitrogen and oxygen atoms in total. The smallest absolute Gasteiger partial charge is 0.254 e. The van der Waals surface area contributed by atoms with Gasteiger partial charge >= 0.3 is 0 Å². The Hall–Kier alpha value is -1.44. The third-order valence-electron chi connectivity index (χ3n) is 3.73. The van der Waals surface area contributed by atoms with E-state index < -0.39 is 10.0 Å². The summed E-state index contributed by atoms with van der Waals surface area (Å²) >= 11 is 0. The molecule has 0 atom stereocenters. The number of morpholine rings is 1. The van der Waals surface area contributed by atoms with Crippen molar-refractivity contribution < 1.29 is 17.9 Å². The predicted octanol–water partition coefficient (Wildman–Crippen LogP) is 1.40. The molecular weight excluding hydrogens is 316 g/mol. The number of nitrogens with zero attached hydrogens (tertiary/aromatic N) is 1. The van der Waals surface area contributed by atoms with Crippen LogP contribution in [0.25, 0.3) is 0 Å². The molecule has 0 saturated carbocycles. The highest BCUT2D eigenvalue weighted by atomic mass is 32.2. The van der Waals surface area contributed by atoms with Gasteiger partial charge in [0.1, 0.15) is 0 Å². The lowest BCUT2D eigenvalue weighted by atomic mass is 10.1. The maximum atomic E-state index is 12.6. The molecule has 7 heteroatoms. The van der Waals surface area contributed by atoms with Gasteiger partial charge in [0, 0.05) is 25.2 Å². The Morgan fingerprint density at radius 1 is 1.30 bits per heavy atom. The van der Waals surface area contributed by atoms with Gasteiger partial charge in [0.05, 0.1) is 18.1 Å². The van der Waals surface area contributed by atoms with E-state index in [0.29, 0.717) is 38.4 Å². The molecule has 0 spiro atoms. The molecule has 1 aliphatic heterocycles. The van der Waals surface area contributed by atoms with E-state index in [4.69, 9.17) is 4.74 Å². The van der Waals surface area contributed by atoms with Crippen LogP contribution >= 0.6 is 0 Å². The van der Waals surface area contributed by atoms with Crippen molar-refractivity contribution in [3.05, 3.63) is 29.3 Å². The normalized spacial score (nSPS) is 15.9. The highest BCUT2D eigenvalue weighted by Gasteiger charge is 2.23. The molecule has 2 rings (SSSR count). The molecule has 1 saturated heterocycles. The van der Waals surface area contributed by atoms with Gasteiger partial charge in [0.15, 0.2) is 0 Å². The molecule has 1 aromatic rings. The Bertz CT molecular complexity index is 665. The standard InChI is InChI=1S/C16H24N2O4S/c1-12(2)11-17-23(20,21)14-5-4-13(3)15(10-14)16(19)18-6-8-22-9-7-18/h4-5,10,12,17H,6-9,11H2,1-3H3. The molecule has 0 aliphatic carbocycles. The maximum Gasteiger partial charge on any atom is 0.254 e. The Morgan fingerprint density at radius 2 is 1.96 bits per heavy atom. The van der Waals surface area contributed by atoms with Gasteiger partial charge in [-0.05, 0) is 30.5 Å². The van der Waals surface area contributed by atoms with Crippen LogP contribution in [0.15, 0.2) is 23.1 Å². The zero-order valence-corrected chi connectivity index (χ0v) is 14.6. The number of hydrogen-bond donors (Lipinski definition) is 1. The van der Waals surface area contributed by atoms with Crippen LogP contribution in [0.2, 0.25) is 0 Å². The largest absolute Gasteiger partial charge is 0.378 e. The third-order valence-corrected chi connectivity index (χ3v) is 5.15. The summed E-state index contributed by atoms with van der Waals surface area (Å²) in [6.07, 6.45) is 0. The van der Waals surface area contributed by atoms with Crippen molar-refractivity contribution in [1.29, 1.82) is 0 Å². The molecule has 1 aliphatic rings. The molecule has 0 radical (unpaired) electrons. The van der Waals surface area contributed by atoms with Crippen LogP contribution < -0.4 is 4.72 Å². The van der Waals surface area contributed by atoms with Crippen molar-refractivity contribution in [3.8, 4) is 0 Å². The quantitative estimate of drug-likeness (QED) is 0.879. The Morgan fingerprint density at radius 3 is 2.57 bits per heavy atom. The van der Waals surface area contributed by atoms with Gasteiger partial charge in [-0.2, -0.15) is 0 Å². The van der Waals surface area contributed by atoms with Gasteiger partial charge < -0.3 is 9.64 Å².